The number of esters is 1. The first-order chi connectivity index (χ1) is 27.5. The van der Waals surface area contributed by atoms with E-state index < -0.39 is 5.60 Å². The molecule has 2 aliphatic heterocycles. The monoisotopic (exact) mass is 804 g/mol. The lowest BCUT2D eigenvalue weighted by Crippen LogP contribution is -2.67. The summed E-state index contributed by atoms with van der Waals surface area (Å²) in [6.45, 7) is 16.6. The van der Waals surface area contributed by atoms with Gasteiger partial charge in [-0.05, 0) is 209 Å². The van der Waals surface area contributed by atoms with Crippen LogP contribution in [0.3, 0.4) is 0 Å². The number of Topliss-reactive ketones (excluding diaryl/α,β-unsaturated/α-hetero) is 1. The van der Waals surface area contributed by atoms with Crippen molar-refractivity contribution in [1.82, 2.24) is 4.90 Å². The maximum Gasteiger partial charge on any atom is 0.306 e. The summed E-state index contributed by atoms with van der Waals surface area (Å²) in [6, 6.07) is 0.301. The van der Waals surface area contributed by atoms with E-state index in [1.165, 1.54) is 44.9 Å². The van der Waals surface area contributed by atoms with E-state index >= 15 is 0 Å². The summed E-state index contributed by atoms with van der Waals surface area (Å²) in [5.41, 5.74) is -0.188. The fourth-order valence-corrected chi connectivity index (χ4v) is 19.4. The Balaban J connectivity index is 0.750. The Bertz CT molecular complexity index is 1600. The van der Waals surface area contributed by atoms with Crippen LogP contribution in [0.4, 0.5) is 0 Å². The third kappa shape index (κ3) is 6.18. The van der Waals surface area contributed by atoms with Crippen LogP contribution in [0.5, 0.6) is 0 Å². The normalized spacial score (nSPS) is 56.6. The quantitative estimate of drug-likeness (QED) is 0.239. The van der Waals surface area contributed by atoms with Crippen LogP contribution in [0.2, 0.25) is 0 Å². The molecule has 58 heavy (non-hydrogen) atoms. The van der Waals surface area contributed by atoms with Gasteiger partial charge < -0.3 is 20.1 Å². The zero-order chi connectivity index (χ0) is 40.7. The maximum absolute atomic E-state index is 14.2. The molecule has 0 aromatic heterocycles. The number of ether oxygens (including phenoxy) is 1. The summed E-state index contributed by atoms with van der Waals surface area (Å²) in [6.07, 6.45) is 18.3. The highest BCUT2D eigenvalue weighted by Crippen LogP contribution is 2.69. The second-order valence-electron chi connectivity index (χ2n) is 24.6. The van der Waals surface area contributed by atoms with E-state index in [9.17, 15) is 24.9 Å². The van der Waals surface area contributed by atoms with Gasteiger partial charge in [-0.1, -0.05) is 34.6 Å². The second kappa shape index (κ2) is 14.5. The molecule has 22 atom stereocenters. The Labute approximate surface area is 351 Å². The molecule has 0 bridgehead atoms. The lowest BCUT2D eigenvalue weighted by atomic mass is 9.43. The summed E-state index contributed by atoms with van der Waals surface area (Å²) < 4.78 is 6.32. The highest BCUT2D eigenvalue weighted by molar-refractivity contribution is 5.83. The fourth-order valence-electron chi connectivity index (χ4n) is 19.4. The highest BCUT2D eigenvalue weighted by Gasteiger charge is 2.66. The third-order valence-corrected chi connectivity index (χ3v) is 22.3. The molecule has 3 N–H and O–H groups in total. The van der Waals surface area contributed by atoms with Gasteiger partial charge in [0.05, 0.1) is 17.8 Å². The highest BCUT2D eigenvalue weighted by atomic mass is 16.5. The van der Waals surface area contributed by atoms with Crippen LogP contribution in [0.25, 0.3) is 0 Å². The molecule has 0 aromatic rings. The van der Waals surface area contributed by atoms with Crippen LogP contribution < -0.4 is 0 Å². The predicted octanol–water partition coefficient (Wildman–Crippen LogP) is 8.84. The first-order valence-corrected chi connectivity index (χ1v) is 25.1. The minimum absolute atomic E-state index is 0.00573. The van der Waals surface area contributed by atoms with Crippen LogP contribution in [-0.4, -0.2) is 75.0 Å². The molecule has 8 aliphatic carbocycles. The number of hydrogen-bond donors (Lipinski definition) is 3. The molecule has 2 heterocycles. The third-order valence-electron chi connectivity index (χ3n) is 22.3. The van der Waals surface area contributed by atoms with Gasteiger partial charge in [-0.15, -0.1) is 0 Å². The number of carbonyl (C=O) groups is 2. The molecule has 326 valence electrons. The Kier molecular flexibility index (Phi) is 10.3. The van der Waals surface area contributed by atoms with Gasteiger partial charge in [-0.2, -0.15) is 0 Å². The van der Waals surface area contributed by atoms with E-state index in [2.05, 4.69) is 46.4 Å². The van der Waals surface area contributed by atoms with Crippen LogP contribution in [0, 0.1) is 99.1 Å². The van der Waals surface area contributed by atoms with E-state index in [-0.39, 0.29) is 46.4 Å². The minimum Gasteiger partial charge on any atom is -0.462 e. The molecule has 10 aliphatic rings. The fraction of sp³-hybridized carbons (Fsp3) is 0.961. The molecular weight excluding hydrogens is 723 g/mol. The summed E-state index contributed by atoms with van der Waals surface area (Å²) in [4.78, 5) is 30.5. The van der Waals surface area contributed by atoms with Crippen molar-refractivity contribution in [3.05, 3.63) is 0 Å². The Morgan fingerprint density at radius 1 is 0.759 bits per heavy atom. The average molecular weight is 804 g/mol. The van der Waals surface area contributed by atoms with Crippen molar-refractivity contribution in [2.75, 3.05) is 13.1 Å². The maximum atomic E-state index is 14.2. The van der Waals surface area contributed by atoms with Crippen molar-refractivity contribution in [2.24, 2.45) is 99.1 Å². The SMILES string of the molecule is C[C@H]1CC[C@@H]2N(C1)C[C@H]1[C@@H]3C[C@H]4[C@@H](CC(=O)[C@H]5C[C@@H](OC(=O)CC[C@@H](C)[C@H]6CC[C@H]7[C@@H]8[C@H](O)C[C@@H]9C[C@H](O)CC[C@]9(C)[C@H]8CC[C@]67C)CC[C@@]54C)[C@@H]3CC[C@@H]1[C@]2(C)O. The van der Waals surface area contributed by atoms with Crippen molar-refractivity contribution < 1.29 is 29.6 Å². The molecule has 0 unspecified atom stereocenters. The Morgan fingerprint density at radius 2 is 1.50 bits per heavy atom. The van der Waals surface area contributed by atoms with Crippen molar-refractivity contribution >= 4 is 11.8 Å². The smallest absolute Gasteiger partial charge is 0.306 e. The number of ketones is 1. The summed E-state index contributed by atoms with van der Waals surface area (Å²) in [7, 11) is 0. The summed E-state index contributed by atoms with van der Waals surface area (Å²) >= 11 is 0. The number of aliphatic hydroxyl groups excluding tert-OH is 2. The summed E-state index contributed by atoms with van der Waals surface area (Å²) in [5.74, 6) is 7.15. The number of fused-ring (bicyclic) bond motifs is 13. The summed E-state index contributed by atoms with van der Waals surface area (Å²) in [5, 5.41) is 34.3. The van der Waals surface area contributed by atoms with E-state index in [1.807, 2.05) is 0 Å². The molecule has 0 radical (unpaired) electrons. The van der Waals surface area contributed by atoms with Crippen LogP contribution in [-0.2, 0) is 14.3 Å². The number of rotatable bonds is 5. The standard InChI is InChI=1S/C51H81NO6/c1-28-7-13-45-51(6,57)38-10-9-33-34(36(38)27-52(45)26-28)24-41-35(33)25-43(54)42-23-32(16-19-50(41,42)5)58-46(56)14-8-29(2)37-11-12-39-47-40(17-20-49(37,39)4)48(3)18-15-31(53)21-30(48)22-44(47)55/h28-42,44-45,47,53,55,57H,7-27H2,1-6H3/t28-,29+,30-,31+,32-,33+,34+,35-,36-,37+,38-,39-,40-,41-,42+,44+,45-,47-,48-,49+,50+,51-/m0/s1. The first kappa shape index (κ1) is 41.0. The molecule has 0 amide bonds. The van der Waals surface area contributed by atoms with Crippen LogP contribution >= 0.6 is 0 Å². The van der Waals surface area contributed by atoms with Crippen LogP contribution in [0.15, 0.2) is 0 Å². The van der Waals surface area contributed by atoms with Gasteiger partial charge >= 0.3 is 5.97 Å². The van der Waals surface area contributed by atoms with Crippen molar-refractivity contribution in [1.29, 1.82) is 0 Å². The predicted molar refractivity (Wildman–Crippen MR) is 225 cm³/mol. The van der Waals surface area contributed by atoms with E-state index in [0.29, 0.717) is 108 Å². The van der Waals surface area contributed by atoms with Gasteiger partial charge in [0.15, 0.2) is 0 Å². The zero-order valence-corrected chi connectivity index (χ0v) is 37.3. The number of hydrogen-bond acceptors (Lipinski definition) is 7. The molecule has 10 fully saturated rings. The first-order valence-electron chi connectivity index (χ1n) is 25.1. The number of piperidine rings is 2. The topological polar surface area (TPSA) is 107 Å². The van der Waals surface area contributed by atoms with Gasteiger partial charge in [-0.25, -0.2) is 0 Å². The minimum atomic E-state index is -0.622. The lowest BCUT2D eigenvalue weighted by molar-refractivity contribution is -0.175. The van der Waals surface area contributed by atoms with E-state index in [1.54, 1.807) is 0 Å². The van der Waals surface area contributed by atoms with Crippen molar-refractivity contribution in [2.45, 2.75) is 193 Å². The largest absolute Gasteiger partial charge is 0.462 e. The van der Waals surface area contributed by atoms with Gasteiger partial charge in [-0.3, -0.25) is 14.5 Å². The van der Waals surface area contributed by atoms with E-state index in [4.69, 9.17) is 4.74 Å². The molecule has 0 spiro atoms. The van der Waals surface area contributed by atoms with Gasteiger partial charge in [0.1, 0.15) is 11.9 Å². The number of aliphatic hydroxyl groups is 3. The van der Waals surface area contributed by atoms with E-state index in [0.717, 1.165) is 70.9 Å². The molecule has 2 saturated heterocycles. The Hall–Kier alpha value is -1.02. The number of carbonyl (C=O) groups excluding carboxylic acids is 2. The van der Waals surface area contributed by atoms with Gasteiger partial charge in [0.2, 0.25) is 0 Å². The lowest BCUT2D eigenvalue weighted by Gasteiger charge is -2.62. The molecule has 7 nitrogen and oxygen atoms in total. The Morgan fingerprint density at radius 3 is 2.31 bits per heavy atom. The molecule has 8 saturated carbocycles. The average Bonchev–Trinajstić information content (AvgIpc) is 3.73. The van der Waals surface area contributed by atoms with Gasteiger partial charge in [0.25, 0.3) is 0 Å². The number of nitrogens with zero attached hydrogens (tertiary/aromatic N) is 1. The molecule has 0 aromatic carbocycles. The van der Waals surface area contributed by atoms with Crippen molar-refractivity contribution in [3.8, 4) is 0 Å². The molecule has 7 heteroatoms. The van der Waals surface area contributed by atoms with Crippen LogP contribution in [0.1, 0.15) is 164 Å². The molecule has 10 rings (SSSR count). The second-order valence-corrected chi connectivity index (χ2v) is 24.6. The van der Waals surface area contributed by atoms with Crippen molar-refractivity contribution in [3.63, 3.8) is 0 Å². The molecular formula is C51H81NO6. The van der Waals surface area contributed by atoms with Gasteiger partial charge in [0, 0.05) is 37.9 Å². The zero-order valence-electron chi connectivity index (χ0n) is 37.3.